The van der Waals surface area contributed by atoms with Crippen LogP contribution >= 0.6 is 11.3 Å². The van der Waals surface area contributed by atoms with Crippen LogP contribution in [0, 0.1) is 0 Å². The van der Waals surface area contributed by atoms with Crippen LogP contribution in [0.3, 0.4) is 0 Å². The molecular weight excluding hydrogens is 430 g/mol. The fraction of sp³-hybridized carbons (Fsp3) is 0.263. The van der Waals surface area contributed by atoms with Crippen LogP contribution in [0.5, 0.6) is 0 Å². The number of nitrogens with zero attached hydrogens (tertiary/aromatic N) is 3. The molecule has 0 spiro atoms. The first-order valence-corrected chi connectivity index (χ1v) is 11.1. The van der Waals surface area contributed by atoms with Crippen molar-refractivity contribution in [1.82, 2.24) is 14.5 Å². The van der Waals surface area contributed by atoms with E-state index < -0.39 is 28.6 Å². The predicted octanol–water partition coefficient (Wildman–Crippen LogP) is 2.93. The highest BCUT2D eigenvalue weighted by atomic mass is 32.2. The average molecular weight is 450 g/mol. The van der Waals surface area contributed by atoms with Gasteiger partial charge in [-0.15, -0.1) is 21.5 Å². The van der Waals surface area contributed by atoms with Crippen LogP contribution in [0.1, 0.15) is 36.2 Å². The topological polar surface area (TPSA) is 120 Å². The summed E-state index contributed by atoms with van der Waals surface area (Å²) in [4.78, 5) is 24.3. The zero-order chi connectivity index (χ0) is 21.9. The molecule has 0 fully saturated rings. The molecule has 0 aliphatic carbocycles. The minimum Gasteiger partial charge on any atom is -0.452 e. The molecule has 30 heavy (non-hydrogen) atoms. The first-order chi connectivity index (χ1) is 14.2. The van der Waals surface area contributed by atoms with Crippen molar-refractivity contribution in [3.8, 4) is 10.8 Å². The van der Waals surface area contributed by atoms with Gasteiger partial charge in [-0.2, -0.15) is 4.31 Å². The number of carbonyl (C=O) groups excluding carboxylic acids is 2. The smallest absolute Gasteiger partial charge is 0.322 e. The molecule has 0 saturated carbocycles. The minimum absolute atomic E-state index is 0.0339. The Hall–Kier alpha value is -2.89. The molecule has 3 rings (SSSR count). The summed E-state index contributed by atoms with van der Waals surface area (Å²) in [5, 5.41) is 9.66. The summed E-state index contributed by atoms with van der Waals surface area (Å²) >= 11 is 1.43. The number of rotatable bonds is 8. The van der Waals surface area contributed by atoms with Crippen molar-refractivity contribution in [2.45, 2.75) is 24.8 Å². The van der Waals surface area contributed by atoms with Gasteiger partial charge in [-0.25, -0.2) is 8.42 Å². The van der Waals surface area contributed by atoms with Gasteiger partial charge in [-0.05, 0) is 37.4 Å². The maximum absolute atomic E-state index is 12.6. The number of likely N-dealkylation sites (N-methyl/N-ethyl adjacent to an activating group) is 1. The van der Waals surface area contributed by atoms with Gasteiger partial charge in [0, 0.05) is 12.6 Å². The Morgan fingerprint density at radius 3 is 2.50 bits per heavy atom. The van der Waals surface area contributed by atoms with Gasteiger partial charge in [0.2, 0.25) is 10.0 Å². The molecule has 1 aromatic carbocycles. The van der Waals surface area contributed by atoms with E-state index in [-0.39, 0.29) is 16.6 Å². The van der Waals surface area contributed by atoms with Crippen LogP contribution in [0.25, 0.3) is 10.8 Å². The van der Waals surface area contributed by atoms with Crippen LogP contribution in [0.4, 0.5) is 0 Å². The van der Waals surface area contributed by atoms with Gasteiger partial charge in [-0.1, -0.05) is 18.2 Å². The zero-order valence-electron chi connectivity index (χ0n) is 16.4. The number of ketones is 1. The van der Waals surface area contributed by atoms with Gasteiger partial charge in [0.05, 0.1) is 9.77 Å². The van der Waals surface area contributed by atoms with Crippen LogP contribution in [-0.4, -0.2) is 48.3 Å². The third-order valence-electron chi connectivity index (χ3n) is 4.15. The number of aromatic nitrogens is 2. The average Bonchev–Trinajstić information content (AvgIpc) is 3.39. The van der Waals surface area contributed by atoms with E-state index in [1.54, 1.807) is 6.92 Å². The maximum atomic E-state index is 12.6. The summed E-state index contributed by atoms with van der Waals surface area (Å²) in [7, 11) is -2.67. The van der Waals surface area contributed by atoms with Crippen molar-refractivity contribution in [2.75, 3.05) is 13.6 Å². The molecule has 0 saturated heterocycles. The Balaban J connectivity index is 1.62. The van der Waals surface area contributed by atoms with Crippen molar-refractivity contribution in [3.63, 3.8) is 0 Å². The number of carbonyl (C=O) groups is 2. The van der Waals surface area contributed by atoms with Crippen molar-refractivity contribution in [1.29, 1.82) is 0 Å². The standard InChI is InChI=1S/C19H19N3O6S2/c1-12(23)14-6-8-15(9-7-14)30(25,26)22(3)11-17(24)27-13(2)18-20-21-19(28-18)16-5-4-10-29-16/h4-10,13H,11H2,1-3H3. The largest absolute Gasteiger partial charge is 0.452 e. The van der Waals surface area contributed by atoms with Gasteiger partial charge in [0.1, 0.15) is 6.54 Å². The lowest BCUT2D eigenvalue weighted by atomic mass is 10.2. The van der Waals surface area contributed by atoms with Crippen molar-refractivity contribution < 1.29 is 27.2 Å². The minimum atomic E-state index is -3.93. The summed E-state index contributed by atoms with van der Waals surface area (Å²) in [6.07, 6.45) is -0.843. The lowest BCUT2D eigenvalue weighted by molar-refractivity contribution is -0.149. The van der Waals surface area contributed by atoms with E-state index in [0.717, 1.165) is 9.18 Å². The lowest BCUT2D eigenvalue weighted by Crippen LogP contribution is -2.33. The Kier molecular flexibility index (Phi) is 6.44. The molecule has 3 aromatic rings. The zero-order valence-corrected chi connectivity index (χ0v) is 18.1. The van der Waals surface area contributed by atoms with Gasteiger partial charge in [0.25, 0.3) is 11.8 Å². The first-order valence-electron chi connectivity index (χ1n) is 8.82. The normalized spacial score (nSPS) is 12.7. The van der Waals surface area contributed by atoms with E-state index in [0.29, 0.717) is 11.5 Å². The van der Waals surface area contributed by atoms with Crippen LogP contribution in [0.15, 0.2) is 51.1 Å². The molecule has 1 atom stereocenters. The summed E-state index contributed by atoms with van der Waals surface area (Å²) in [6, 6.07) is 9.15. The molecule has 2 heterocycles. The van der Waals surface area contributed by atoms with Crippen LogP contribution < -0.4 is 0 Å². The highest BCUT2D eigenvalue weighted by Crippen LogP contribution is 2.26. The third kappa shape index (κ3) is 4.81. The van der Waals surface area contributed by atoms with Crippen LogP contribution in [0.2, 0.25) is 0 Å². The van der Waals surface area contributed by atoms with E-state index in [4.69, 9.17) is 9.15 Å². The fourth-order valence-electron chi connectivity index (χ4n) is 2.49. The Morgan fingerprint density at radius 1 is 1.20 bits per heavy atom. The van der Waals surface area contributed by atoms with E-state index in [1.807, 2.05) is 17.5 Å². The number of Topliss-reactive ketones (excluding diaryl/α,β-unsaturated/α-hetero) is 1. The van der Waals surface area contributed by atoms with Gasteiger partial charge in [0.15, 0.2) is 11.9 Å². The lowest BCUT2D eigenvalue weighted by Gasteiger charge is -2.17. The van der Waals surface area contributed by atoms with Gasteiger partial charge in [-0.3, -0.25) is 9.59 Å². The van der Waals surface area contributed by atoms with Crippen molar-refractivity contribution >= 4 is 33.1 Å². The molecule has 2 aromatic heterocycles. The molecule has 0 aliphatic heterocycles. The quantitative estimate of drug-likeness (QED) is 0.380. The van der Waals surface area contributed by atoms with E-state index in [1.165, 1.54) is 49.6 Å². The molecule has 158 valence electrons. The van der Waals surface area contributed by atoms with Gasteiger partial charge >= 0.3 is 5.97 Å². The number of thiophene rings is 1. The molecule has 1 unspecified atom stereocenters. The van der Waals surface area contributed by atoms with Crippen molar-refractivity contribution in [3.05, 3.63) is 53.2 Å². The SMILES string of the molecule is CC(=O)c1ccc(S(=O)(=O)N(C)CC(=O)OC(C)c2nnc(-c3cccs3)o2)cc1. The van der Waals surface area contributed by atoms with E-state index in [2.05, 4.69) is 10.2 Å². The fourth-order valence-corrected chi connectivity index (χ4v) is 4.25. The Labute approximate surface area is 177 Å². The number of benzene rings is 1. The number of ether oxygens (including phenoxy) is 1. The highest BCUT2D eigenvalue weighted by Gasteiger charge is 2.26. The monoisotopic (exact) mass is 449 g/mol. The Morgan fingerprint density at radius 2 is 1.90 bits per heavy atom. The van der Waals surface area contributed by atoms with Crippen LogP contribution in [-0.2, 0) is 19.6 Å². The number of sulfonamides is 1. The molecule has 0 aliphatic rings. The molecule has 11 heteroatoms. The molecule has 9 nitrogen and oxygen atoms in total. The second-order valence-corrected chi connectivity index (χ2v) is 9.39. The van der Waals surface area contributed by atoms with E-state index >= 15 is 0 Å². The molecule has 0 amide bonds. The molecular formula is C19H19N3O6S2. The summed E-state index contributed by atoms with van der Waals surface area (Å²) in [6.45, 7) is 2.44. The molecule has 0 radical (unpaired) electrons. The predicted molar refractivity (Wildman–Crippen MR) is 108 cm³/mol. The molecule has 0 N–H and O–H groups in total. The van der Waals surface area contributed by atoms with Gasteiger partial charge < -0.3 is 9.15 Å². The highest BCUT2D eigenvalue weighted by molar-refractivity contribution is 7.89. The number of hydrogen-bond donors (Lipinski definition) is 0. The first kappa shape index (κ1) is 21.8. The second kappa shape index (κ2) is 8.86. The second-order valence-electron chi connectivity index (χ2n) is 6.40. The molecule has 0 bridgehead atoms. The number of esters is 1. The number of hydrogen-bond acceptors (Lipinski definition) is 9. The third-order valence-corrected chi connectivity index (χ3v) is 6.82. The van der Waals surface area contributed by atoms with Crippen molar-refractivity contribution in [2.24, 2.45) is 0 Å². The van der Waals surface area contributed by atoms with E-state index in [9.17, 15) is 18.0 Å². The summed E-state index contributed by atoms with van der Waals surface area (Å²) in [5.41, 5.74) is 0.395. The summed E-state index contributed by atoms with van der Waals surface area (Å²) < 4.78 is 36.9. The Bertz CT molecular complexity index is 1140. The maximum Gasteiger partial charge on any atom is 0.322 e. The summed E-state index contributed by atoms with van der Waals surface area (Å²) in [5.74, 6) is -0.522.